The van der Waals surface area contributed by atoms with Crippen LogP contribution in [-0.4, -0.2) is 33.6 Å². The van der Waals surface area contributed by atoms with Gasteiger partial charge >= 0.3 is 0 Å². The van der Waals surface area contributed by atoms with Crippen LogP contribution in [-0.2, 0) is 13.6 Å². The summed E-state index contributed by atoms with van der Waals surface area (Å²) in [6, 6.07) is 0. The summed E-state index contributed by atoms with van der Waals surface area (Å²) < 4.78 is 2.97. The Labute approximate surface area is 111 Å². The first-order chi connectivity index (χ1) is 7.95. The quantitative estimate of drug-likeness (QED) is 0.620. The van der Waals surface area contributed by atoms with Gasteiger partial charge in [-0.3, -0.25) is 15.0 Å². The number of nitrogens with two attached hydrogens (primary N) is 1. The average molecular weight is 302 g/mol. The molecule has 6 heteroatoms. The molecule has 1 rings (SSSR count). The number of aromatic nitrogens is 2. The van der Waals surface area contributed by atoms with Gasteiger partial charge in [0.25, 0.3) is 0 Å². The van der Waals surface area contributed by atoms with E-state index in [1.165, 1.54) is 0 Å². The molecule has 1 heterocycles. The Kier molecular flexibility index (Phi) is 5.14. The van der Waals surface area contributed by atoms with Crippen LogP contribution in [0.3, 0.4) is 0 Å². The number of rotatable bonds is 6. The van der Waals surface area contributed by atoms with E-state index < -0.39 is 0 Å². The van der Waals surface area contributed by atoms with Crippen molar-refractivity contribution in [1.82, 2.24) is 14.7 Å². The Bertz CT molecular complexity index is 399. The summed E-state index contributed by atoms with van der Waals surface area (Å²) in [5, 5.41) is 11.6. The van der Waals surface area contributed by atoms with Crippen LogP contribution in [0.1, 0.15) is 24.7 Å². The second-order valence-corrected chi connectivity index (χ2v) is 4.91. The lowest BCUT2D eigenvalue weighted by Crippen LogP contribution is -2.28. The minimum atomic E-state index is 0.240. The lowest BCUT2D eigenvalue weighted by atomic mass is 10.3. The van der Waals surface area contributed by atoms with Gasteiger partial charge in [-0.05, 0) is 29.4 Å². The summed E-state index contributed by atoms with van der Waals surface area (Å²) in [4.78, 5) is 2.25. The Morgan fingerprint density at radius 1 is 1.59 bits per heavy atom. The predicted molar refractivity (Wildman–Crippen MR) is 73.1 cm³/mol. The molecule has 0 saturated heterocycles. The Morgan fingerprint density at radius 2 is 2.24 bits per heavy atom. The zero-order chi connectivity index (χ0) is 13.0. The van der Waals surface area contributed by atoms with Crippen LogP contribution in [0.15, 0.2) is 4.47 Å². The summed E-state index contributed by atoms with van der Waals surface area (Å²) in [5.41, 5.74) is 7.55. The van der Waals surface area contributed by atoms with E-state index in [1.54, 1.807) is 0 Å². The van der Waals surface area contributed by atoms with E-state index in [9.17, 15) is 0 Å². The van der Waals surface area contributed by atoms with E-state index in [0.29, 0.717) is 6.42 Å². The van der Waals surface area contributed by atoms with Crippen LogP contribution in [0.25, 0.3) is 0 Å². The average Bonchev–Trinajstić information content (AvgIpc) is 2.49. The number of aryl methyl sites for hydroxylation is 2. The van der Waals surface area contributed by atoms with Crippen molar-refractivity contribution in [2.24, 2.45) is 12.8 Å². The van der Waals surface area contributed by atoms with Crippen LogP contribution >= 0.6 is 15.9 Å². The second-order valence-electron chi connectivity index (χ2n) is 4.11. The van der Waals surface area contributed by atoms with Gasteiger partial charge in [-0.25, -0.2) is 0 Å². The Morgan fingerprint density at radius 3 is 2.65 bits per heavy atom. The maximum Gasteiger partial charge on any atom is 0.0918 e. The van der Waals surface area contributed by atoms with E-state index in [0.717, 1.165) is 35.5 Å². The van der Waals surface area contributed by atoms with Crippen molar-refractivity contribution < 1.29 is 0 Å². The van der Waals surface area contributed by atoms with Gasteiger partial charge in [-0.15, -0.1) is 0 Å². The molecule has 0 aliphatic heterocycles. The normalized spacial score (nSPS) is 11.1. The number of nitrogens with one attached hydrogen (secondary N) is 1. The standard InChI is InChI=1S/C11H20BrN5/c1-4-17(6-5-10(13)14)7-9-11(12)8(2)15-16(9)3/h4-7H2,1-3H3,(H3,13,14). The molecule has 0 aromatic carbocycles. The van der Waals surface area contributed by atoms with E-state index in [1.807, 2.05) is 18.7 Å². The second kappa shape index (κ2) is 6.16. The van der Waals surface area contributed by atoms with Gasteiger partial charge < -0.3 is 5.73 Å². The number of amidine groups is 1. The highest BCUT2D eigenvalue weighted by Crippen LogP contribution is 2.21. The molecule has 0 amide bonds. The molecule has 5 nitrogen and oxygen atoms in total. The first kappa shape index (κ1) is 14.2. The van der Waals surface area contributed by atoms with E-state index >= 15 is 0 Å². The molecule has 1 aromatic rings. The number of hydrogen-bond donors (Lipinski definition) is 2. The van der Waals surface area contributed by atoms with Crippen molar-refractivity contribution in [3.8, 4) is 0 Å². The van der Waals surface area contributed by atoms with Crippen LogP contribution in [0.4, 0.5) is 0 Å². The van der Waals surface area contributed by atoms with Gasteiger partial charge in [0, 0.05) is 26.6 Å². The lowest BCUT2D eigenvalue weighted by Gasteiger charge is -2.20. The molecular formula is C11H20BrN5. The number of nitrogens with zero attached hydrogens (tertiary/aromatic N) is 3. The molecular weight excluding hydrogens is 282 g/mol. The predicted octanol–water partition coefficient (Wildman–Crippen LogP) is 1.64. The third kappa shape index (κ3) is 3.81. The molecule has 96 valence electrons. The van der Waals surface area contributed by atoms with Crippen LogP contribution in [0.5, 0.6) is 0 Å². The summed E-state index contributed by atoms with van der Waals surface area (Å²) in [7, 11) is 1.95. The summed E-state index contributed by atoms with van der Waals surface area (Å²) in [6.07, 6.45) is 0.613. The molecule has 0 spiro atoms. The number of halogens is 1. The van der Waals surface area contributed by atoms with Gasteiger partial charge in [0.1, 0.15) is 0 Å². The zero-order valence-corrected chi connectivity index (χ0v) is 12.2. The van der Waals surface area contributed by atoms with Gasteiger partial charge in [0.15, 0.2) is 0 Å². The summed E-state index contributed by atoms with van der Waals surface area (Å²) in [6.45, 7) is 6.66. The van der Waals surface area contributed by atoms with Crippen molar-refractivity contribution in [3.05, 3.63) is 15.9 Å². The van der Waals surface area contributed by atoms with Crippen molar-refractivity contribution in [2.45, 2.75) is 26.8 Å². The monoisotopic (exact) mass is 301 g/mol. The SMILES string of the molecule is CCN(CCC(=N)N)Cc1c(Br)c(C)nn1C. The third-order valence-electron chi connectivity index (χ3n) is 2.78. The van der Waals surface area contributed by atoms with E-state index in [2.05, 4.69) is 32.9 Å². The molecule has 0 bridgehead atoms. The Balaban J connectivity index is 2.70. The fourth-order valence-electron chi connectivity index (χ4n) is 1.69. The topological polar surface area (TPSA) is 70.9 Å². The molecule has 1 aromatic heterocycles. The molecule has 0 radical (unpaired) electrons. The molecule has 0 aliphatic carbocycles. The van der Waals surface area contributed by atoms with Gasteiger partial charge in [-0.1, -0.05) is 6.92 Å². The molecule has 0 aliphatic rings. The highest BCUT2D eigenvalue weighted by atomic mass is 79.9. The molecule has 0 fully saturated rings. The molecule has 3 N–H and O–H groups in total. The van der Waals surface area contributed by atoms with Crippen molar-refractivity contribution in [3.63, 3.8) is 0 Å². The molecule has 0 unspecified atom stereocenters. The largest absolute Gasteiger partial charge is 0.388 e. The fourth-order valence-corrected chi connectivity index (χ4v) is 2.15. The highest BCUT2D eigenvalue weighted by Gasteiger charge is 2.13. The first-order valence-electron chi connectivity index (χ1n) is 5.68. The van der Waals surface area contributed by atoms with Crippen LogP contribution < -0.4 is 5.73 Å². The summed E-state index contributed by atoms with van der Waals surface area (Å²) >= 11 is 3.56. The Hall–Kier alpha value is -0.880. The van der Waals surface area contributed by atoms with E-state index in [-0.39, 0.29) is 5.84 Å². The maximum absolute atomic E-state index is 7.26. The first-order valence-corrected chi connectivity index (χ1v) is 6.48. The van der Waals surface area contributed by atoms with Crippen molar-refractivity contribution in [1.29, 1.82) is 5.41 Å². The maximum atomic E-state index is 7.26. The van der Waals surface area contributed by atoms with E-state index in [4.69, 9.17) is 11.1 Å². The van der Waals surface area contributed by atoms with Gasteiger partial charge in [0.05, 0.1) is 21.7 Å². The fraction of sp³-hybridized carbons (Fsp3) is 0.636. The van der Waals surface area contributed by atoms with Gasteiger partial charge in [0.2, 0.25) is 0 Å². The minimum Gasteiger partial charge on any atom is -0.388 e. The van der Waals surface area contributed by atoms with Crippen LogP contribution in [0.2, 0.25) is 0 Å². The van der Waals surface area contributed by atoms with Crippen molar-refractivity contribution in [2.75, 3.05) is 13.1 Å². The van der Waals surface area contributed by atoms with Gasteiger partial charge in [-0.2, -0.15) is 5.10 Å². The molecule has 0 saturated carbocycles. The molecule has 0 atom stereocenters. The third-order valence-corrected chi connectivity index (χ3v) is 3.81. The zero-order valence-electron chi connectivity index (χ0n) is 10.6. The van der Waals surface area contributed by atoms with Crippen LogP contribution in [0, 0.1) is 12.3 Å². The van der Waals surface area contributed by atoms with Crippen molar-refractivity contribution >= 4 is 21.8 Å². The minimum absolute atomic E-state index is 0.240. The lowest BCUT2D eigenvalue weighted by molar-refractivity contribution is 0.279. The molecule has 17 heavy (non-hydrogen) atoms. The number of hydrogen-bond acceptors (Lipinski definition) is 3. The summed E-state index contributed by atoms with van der Waals surface area (Å²) in [5.74, 6) is 0.240. The highest BCUT2D eigenvalue weighted by molar-refractivity contribution is 9.10. The smallest absolute Gasteiger partial charge is 0.0918 e.